The van der Waals surface area contributed by atoms with Gasteiger partial charge >= 0.3 is 0 Å². The van der Waals surface area contributed by atoms with E-state index in [0.29, 0.717) is 0 Å². The number of aliphatic hydroxyl groups is 27. The van der Waals surface area contributed by atoms with Gasteiger partial charge in [0.05, 0.1) is 72.2 Å². The Kier molecular flexibility index (Phi) is 42.1. The van der Waals surface area contributed by atoms with Crippen molar-refractivity contribution in [3.05, 3.63) is 0 Å². The first kappa shape index (κ1) is 117. The Balaban J connectivity index is 0.958. The molecule has 0 saturated carbocycles. The van der Waals surface area contributed by atoms with E-state index in [-0.39, 0.29) is 0 Å². The second kappa shape index (κ2) is 51.3. The molecule has 0 spiro atoms. The van der Waals surface area contributed by atoms with Crippen molar-refractivity contribution in [2.75, 3.05) is 66.1 Å². The molecule has 11 fully saturated rings. The zero-order valence-electron chi connectivity index (χ0n) is 77.3. The van der Waals surface area contributed by atoms with Crippen LogP contribution >= 0.6 is 0 Å². The first-order chi connectivity index (χ1) is 67.0. The van der Waals surface area contributed by atoms with E-state index in [4.69, 9.17) is 99.5 Å². The molecular formula is C80H133N7O55. The highest BCUT2D eigenvalue weighted by molar-refractivity contribution is 5.75. The summed E-state index contributed by atoms with van der Waals surface area (Å²) in [6, 6.07) is -13.1. The molecule has 7 amide bonds. The predicted molar refractivity (Wildman–Crippen MR) is 442 cm³/mol. The molecule has 62 heteroatoms. The van der Waals surface area contributed by atoms with Gasteiger partial charge in [0, 0.05) is 48.5 Å². The summed E-state index contributed by atoms with van der Waals surface area (Å²) >= 11 is 0. The van der Waals surface area contributed by atoms with Crippen LogP contribution < -0.4 is 37.2 Å². The van der Waals surface area contributed by atoms with E-state index in [2.05, 4.69) is 37.2 Å². The minimum atomic E-state index is -2.71. The van der Waals surface area contributed by atoms with Gasteiger partial charge in [0.1, 0.15) is 262 Å². The predicted octanol–water partition coefficient (Wildman–Crippen LogP) is -22.9. The fourth-order valence-corrected chi connectivity index (χ4v) is 18.4. The summed E-state index contributed by atoms with van der Waals surface area (Å²) in [5.74, 6) is -6.43. The summed E-state index contributed by atoms with van der Waals surface area (Å²) in [4.78, 5) is 90.1. The van der Waals surface area contributed by atoms with Crippen molar-refractivity contribution < 1.29 is 271 Å². The van der Waals surface area contributed by atoms with Gasteiger partial charge in [-0.05, 0) is 6.92 Å². The van der Waals surface area contributed by atoms with Crippen LogP contribution in [-0.4, -0.2) is 583 Å². The van der Waals surface area contributed by atoms with Gasteiger partial charge in [-0.25, -0.2) is 0 Å². The summed E-state index contributed by atoms with van der Waals surface area (Å²) in [5, 5.41) is 325. The van der Waals surface area contributed by atoms with Crippen molar-refractivity contribution in [3.8, 4) is 0 Å². The lowest BCUT2D eigenvalue weighted by atomic mass is 9.93. The number of carbonyl (C=O) groups is 7. The van der Waals surface area contributed by atoms with Crippen LogP contribution in [0.4, 0.5) is 0 Å². The smallest absolute Gasteiger partial charge is 0.217 e. The molecular weight excluding hydrogens is 1940 g/mol. The van der Waals surface area contributed by atoms with E-state index in [1.165, 1.54) is 6.92 Å². The zero-order valence-corrected chi connectivity index (χ0v) is 77.3. The van der Waals surface area contributed by atoms with Crippen LogP contribution in [-0.2, 0) is 133 Å². The van der Waals surface area contributed by atoms with E-state index >= 15 is 0 Å². The Morgan fingerprint density at radius 2 is 0.444 bits per heavy atom. The van der Waals surface area contributed by atoms with Gasteiger partial charge < -0.3 is 275 Å². The van der Waals surface area contributed by atoms with Crippen molar-refractivity contribution in [3.63, 3.8) is 0 Å². The average Bonchev–Trinajstić information content (AvgIpc) is 0.756. The minimum Gasteiger partial charge on any atom is -0.394 e. The third-order valence-electron chi connectivity index (χ3n) is 25.7. The normalized spacial score (nSPS) is 47.5. The lowest BCUT2D eigenvalue weighted by Gasteiger charge is -2.51. The number of hydrogen-bond acceptors (Lipinski definition) is 55. The fraction of sp³-hybridized carbons (Fsp3) is 0.912. The van der Waals surface area contributed by atoms with Crippen molar-refractivity contribution in [2.24, 2.45) is 0 Å². The molecule has 11 aliphatic heterocycles. The van der Waals surface area contributed by atoms with Crippen LogP contribution in [0.1, 0.15) is 55.4 Å². The van der Waals surface area contributed by atoms with Crippen LogP contribution in [0.25, 0.3) is 0 Å². The maximum Gasteiger partial charge on any atom is 0.217 e. The first-order valence-electron chi connectivity index (χ1n) is 45.5. The largest absolute Gasteiger partial charge is 0.394 e. The summed E-state index contributed by atoms with van der Waals surface area (Å²) in [5.41, 5.74) is 0. The number of hydrogen-bond donors (Lipinski definition) is 34. The summed E-state index contributed by atoms with van der Waals surface area (Å²) in [6.45, 7) is -3.32. The van der Waals surface area contributed by atoms with E-state index in [1.54, 1.807) is 0 Å². The van der Waals surface area contributed by atoms with Crippen molar-refractivity contribution in [1.82, 2.24) is 37.2 Å². The molecule has 0 aliphatic carbocycles. The third-order valence-corrected chi connectivity index (χ3v) is 25.7. The Bertz CT molecular complexity index is 4030. The van der Waals surface area contributed by atoms with Crippen molar-refractivity contribution in [1.29, 1.82) is 0 Å². The highest BCUT2D eigenvalue weighted by Gasteiger charge is 2.63. The van der Waals surface area contributed by atoms with Crippen LogP contribution in [0.3, 0.4) is 0 Å². The average molecular weight is 2070 g/mol. The number of nitrogens with one attached hydrogen (secondary N) is 7. The Morgan fingerprint density at radius 1 is 0.197 bits per heavy atom. The number of carbonyl (C=O) groups excluding carboxylic acids is 7. The van der Waals surface area contributed by atoms with E-state index in [9.17, 15) is 171 Å². The molecule has 62 nitrogen and oxygen atoms in total. The molecule has 0 bridgehead atoms. The quantitative estimate of drug-likeness (QED) is 0.0275. The third kappa shape index (κ3) is 26.7. The molecule has 142 heavy (non-hydrogen) atoms. The molecule has 0 aromatic carbocycles. The van der Waals surface area contributed by atoms with Gasteiger partial charge in [-0.3, -0.25) is 33.6 Å². The first-order valence-corrected chi connectivity index (χ1v) is 45.5. The summed E-state index contributed by atoms with van der Waals surface area (Å²) < 4.78 is 127. The molecule has 55 atom stereocenters. The second-order valence-corrected chi connectivity index (χ2v) is 36.0. The van der Waals surface area contributed by atoms with Crippen LogP contribution in [0.5, 0.6) is 0 Å². The number of aliphatic hydroxyl groups excluding tert-OH is 27. The SMILES string of the molecule is CC(=O)N[C@@H]1[C@@H](O)[C@H](O[C@@H]2O[C@H](CO)[C@@H](O[C@@H]3O[C@H](CO[C@H]4O[C@H](CO[C@@H]5O[C@H](CO)[C@@H](O[C@@H]6O[C@H](CO)[C@H](O)[C@H](O)[C@H]6NC(C)=O)[C@H](O)[C@H]5NC(C)=O)[C@@H](O)[C@H](O)[C@@H]4O[C@@H]4O[C@H](CO)[C@@H](O)[C@H](O)[C@H]4NC(C)=O)[C@@H](O)[C@H](O[C@H]4O[C@H](CO)[C@@H](O)[C@H](O)[C@@H]4O[C@@H]4O[C@H](CO)[C@@H](O[C@@H]5O[C@H](CO)[C@H](O)[C@H](O)[C@H]5NC(C)=O)[C@H](O)[C@H]4NC(C)=O)[C@@H]3O)[C@H](O)[C@H]2NC(C)=O)[C@@H](CO[C@H]2O[C@H](C)[C@H](O)[C@H](O)[C@H]2O)O[C@H]1O. The Morgan fingerprint density at radius 3 is 0.817 bits per heavy atom. The van der Waals surface area contributed by atoms with Gasteiger partial charge in [-0.15, -0.1) is 0 Å². The lowest BCUT2D eigenvalue weighted by Crippen LogP contribution is -2.71. The maximum absolute atomic E-state index is 13.4. The van der Waals surface area contributed by atoms with Gasteiger partial charge in [0.25, 0.3) is 0 Å². The lowest BCUT2D eigenvalue weighted by molar-refractivity contribution is -0.398. The number of amides is 7. The molecule has 0 aromatic rings. The van der Waals surface area contributed by atoms with Crippen LogP contribution in [0.2, 0.25) is 0 Å². The highest BCUT2D eigenvalue weighted by Crippen LogP contribution is 2.42. The number of rotatable bonds is 37. The molecule has 0 aromatic heterocycles. The molecule has 0 radical (unpaired) electrons. The molecule has 11 saturated heterocycles. The molecule has 0 unspecified atom stereocenters. The topological polar surface area (TPSA) is 944 Å². The van der Waals surface area contributed by atoms with Crippen molar-refractivity contribution >= 4 is 41.4 Å². The molecule has 34 N–H and O–H groups in total. The fourth-order valence-electron chi connectivity index (χ4n) is 18.4. The Hall–Kier alpha value is -5.63. The minimum absolute atomic E-state index is 0.812. The highest BCUT2D eigenvalue weighted by atomic mass is 16.8. The van der Waals surface area contributed by atoms with E-state index in [0.717, 1.165) is 48.5 Å². The molecule has 818 valence electrons. The van der Waals surface area contributed by atoms with E-state index in [1.807, 2.05) is 0 Å². The molecule has 11 heterocycles. The summed E-state index contributed by atoms with van der Waals surface area (Å²) in [7, 11) is 0. The summed E-state index contributed by atoms with van der Waals surface area (Å²) in [6.07, 6.45) is -101. The zero-order chi connectivity index (χ0) is 105. The van der Waals surface area contributed by atoms with Gasteiger partial charge in [0.15, 0.2) is 69.2 Å². The van der Waals surface area contributed by atoms with Gasteiger partial charge in [0.2, 0.25) is 41.4 Å². The van der Waals surface area contributed by atoms with Gasteiger partial charge in [-0.1, -0.05) is 0 Å². The molecule has 11 aliphatic rings. The number of ether oxygens (including phenoxy) is 21. The van der Waals surface area contributed by atoms with Crippen molar-refractivity contribution in [2.45, 2.75) is 393 Å². The molecule has 11 rings (SSSR count). The maximum atomic E-state index is 13.4. The Labute approximate surface area is 805 Å². The van der Waals surface area contributed by atoms with Crippen LogP contribution in [0, 0.1) is 0 Å². The van der Waals surface area contributed by atoms with Crippen LogP contribution in [0.15, 0.2) is 0 Å². The second-order valence-electron chi connectivity index (χ2n) is 36.0. The van der Waals surface area contributed by atoms with Gasteiger partial charge in [-0.2, -0.15) is 0 Å². The van der Waals surface area contributed by atoms with E-state index < -0.39 is 445 Å². The monoisotopic (exact) mass is 2070 g/mol. The standard InChI is InChI=1S/C80H133N7O55/c1-19-44(102)58(116)61(119)77(125-19)123-18-36-66(54(112)37(70(121)126-36)81-20(2)95)138-75-42(86-25(7)100)57(115)65(33(15-94)132-75)139-78-62(120)67(140-80-69(59(117)48(106)30(12-91)130-80)142-76-43(87-26(8)101)56(114)64(32(14-93)133-76)137-73-39(83-22(4)97)52(110)46(104)28(10-89)128-73)50(108)35(134-78)17-124-79-68(141-74-40(84-23(5)98)53(111)47(105)29(11-90)129-74)60(118)49(107)34(135-79)16-122-71-41(85-24(6)99)55(113)63(31(13-92)131-71)136-72-38(82-21(3)96)51(109)45(103)27(9-88)127-72/h19,27-80,88-94,102-121H,9-18H2,1-8H3,(H,81,95)(H,82,96)(H,83,97)(H,84,98)(H,85,99)(H,86,100)(H,87,101)/t19-,27-,28-,29-,30-,31-,32-,33-,34-,35-,36-,37-,38-,39-,40-,41-,42-,43-,44+,45+,46+,47-,48-,49-,50-,51-,52-,53-,54-,55-,56-,57-,58+,59+,60+,61-,62+,63-,64-,65-,66-,67+,68+,69+,70-,71-,72+,73+,74+,75+,76+,77+,78+,79+,80-/m1/s1.